The van der Waals surface area contributed by atoms with E-state index in [2.05, 4.69) is 17.2 Å². The molecule has 0 atom stereocenters. The van der Waals surface area contributed by atoms with Crippen LogP contribution >= 0.6 is 0 Å². The lowest BCUT2D eigenvalue weighted by Gasteiger charge is -2.09. The SMILES string of the molecule is CCCCOc1cccc(OCC(=O)Nc2ccncc2)c1. The number of hydrogen-bond donors (Lipinski definition) is 1. The Kier molecular flexibility index (Phi) is 6.23. The van der Waals surface area contributed by atoms with Crippen LogP contribution in [0.4, 0.5) is 5.69 Å². The maximum absolute atomic E-state index is 11.8. The maximum Gasteiger partial charge on any atom is 0.262 e. The average Bonchev–Trinajstić information content (AvgIpc) is 2.55. The van der Waals surface area contributed by atoms with Crippen LogP contribution in [0.15, 0.2) is 48.8 Å². The lowest BCUT2D eigenvalue weighted by molar-refractivity contribution is -0.118. The van der Waals surface area contributed by atoms with E-state index in [9.17, 15) is 4.79 Å². The normalized spacial score (nSPS) is 10.0. The standard InChI is InChI=1S/C17H20N2O3/c1-2-3-11-21-15-5-4-6-16(12-15)22-13-17(20)19-14-7-9-18-10-8-14/h4-10,12H,2-3,11,13H2,1H3,(H,18,19,20). The number of benzene rings is 1. The van der Waals surface area contributed by atoms with Crippen molar-refractivity contribution < 1.29 is 14.3 Å². The van der Waals surface area contributed by atoms with Crippen molar-refractivity contribution in [3.63, 3.8) is 0 Å². The van der Waals surface area contributed by atoms with Crippen molar-refractivity contribution in [3.05, 3.63) is 48.8 Å². The van der Waals surface area contributed by atoms with Gasteiger partial charge in [0.15, 0.2) is 6.61 Å². The Morgan fingerprint density at radius 2 is 1.86 bits per heavy atom. The minimum atomic E-state index is -0.219. The summed E-state index contributed by atoms with van der Waals surface area (Å²) in [5, 5.41) is 2.73. The molecule has 1 amide bonds. The summed E-state index contributed by atoms with van der Waals surface area (Å²) < 4.78 is 11.1. The van der Waals surface area contributed by atoms with Gasteiger partial charge in [0.05, 0.1) is 6.61 Å². The summed E-state index contributed by atoms with van der Waals surface area (Å²) in [5.41, 5.74) is 0.695. The molecule has 0 saturated heterocycles. The summed E-state index contributed by atoms with van der Waals surface area (Å²) in [7, 11) is 0. The molecular weight excluding hydrogens is 280 g/mol. The first-order valence-corrected chi connectivity index (χ1v) is 7.33. The Morgan fingerprint density at radius 3 is 2.59 bits per heavy atom. The predicted molar refractivity (Wildman–Crippen MR) is 85.2 cm³/mol. The smallest absolute Gasteiger partial charge is 0.262 e. The highest BCUT2D eigenvalue weighted by Gasteiger charge is 2.04. The van der Waals surface area contributed by atoms with Gasteiger partial charge in [-0.15, -0.1) is 0 Å². The number of carbonyl (C=O) groups excluding carboxylic acids is 1. The van der Waals surface area contributed by atoms with Gasteiger partial charge in [-0.3, -0.25) is 9.78 Å². The quantitative estimate of drug-likeness (QED) is 0.760. The molecule has 116 valence electrons. The van der Waals surface area contributed by atoms with E-state index in [-0.39, 0.29) is 12.5 Å². The van der Waals surface area contributed by atoms with Crippen LogP contribution in [-0.4, -0.2) is 24.1 Å². The third-order valence-corrected chi connectivity index (χ3v) is 2.91. The van der Waals surface area contributed by atoms with Crippen LogP contribution in [0.2, 0.25) is 0 Å². The Morgan fingerprint density at radius 1 is 1.14 bits per heavy atom. The van der Waals surface area contributed by atoms with Gasteiger partial charge in [-0.25, -0.2) is 0 Å². The first-order valence-electron chi connectivity index (χ1n) is 7.33. The number of nitrogens with one attached hydrogen (secondary N) is 1. The zero-order valence-electron chi connectivity index (χ0n) is 12.6. The number of aromatic nitrogens is 1. The molecule has 0 unspecified atom stereocenters. The Balaban J connectivity index is 1.80. The number of rotatable bonds is 8. The van der Waals surface area contributed by atoms with Gasteiger partial charge in [0, 0.05) is 24.1 Å². The second-order valence-electron chi connectivity index (χ2n) is 4.75. The molecule has 0 saturated carbocycles. The molecule has 0 aliphatic rings. The summed E-state index contributed by atoms with van der Waals surface area (Å²) in [4.78, 5) is 15.7. The lowest BCUT2D eigenvalue weighted by Crippen LogP contribution is -2.20. The fourth-order valence-corrected chi connectivity index (χ4v) is 1.77. The number of hydrogen-bond acceptors (Lipinski definition) is 4. The largest absolute Gasteiger partial charge is 0.493 e. The average molecular weight is 300 g/mol. The monoisotopic (exact) mass is 300 g/mol. The van der Waals surface area contributed by atoms with Crippen molar-refractivity contribution in [1.82, 2.24) is 4.98 Å². The minimum absolute atomic E-state index is 0.0548. The Labute approximate surface area is 130 Å². The summed E-state index contributed by atoms with van der Waals surface area (Å²) in [6, 6.07) is 10.7. The van der Waals surface area contributed by atoms with E-state index in [1.807, 2.05) is 12.1 Å². The summed E-state index contributed by atoms with van der Waals surface area (Å²) in [5.74, 6) is 1.14. The fourth-order valence-electron chi connectivity index (χ4n) is 1.77. The molecule has 2 aromatic rings. The van der Waals surface area contributed by atoms with Gasteiger partial charge in [0.2, 0.25) is 0 Å². The third-order valence-electron chi connectivity index (χ3n) is 2.91. The molecule has 0 bridgehead atoms. The van der Waals surface area contributed by atoms with E-state index in [0.29, 0.717) is 18.0 Å². The molecule has 0 aliphatic heterocycles. The summed E-state index contributed by atoms with van der Waals surface area (Å²) in [6.45, 7) is 2.74. The Hall–Kier alpha value is -2.56. The number of anilines is 1. The lowest BCUT2D eigenvalue weighted by atomic mass is 10.3. The van der Waals surface area contributed by atoms with Gasteiger partial charge in [0.25, 0.3) is 5.91 Å². The molecule has 1 aromatic heterocycles. The second-order valence-corrected chi connectivity index (χ2v) is 4.75. The highest BCUT2D eigenvalue weighted by molar-refractivity contribution is 5.91. The third kappa shape index (κ3) is 5.44. The fraction of sp³-hybridized carbons (Fsp3) is 0.294. The molecule has 1 N–H and O–H groups in total. The molecule has 22 heavy (non-hydrogen) atoms. The first-order chi connectivity index (χ1) is 10.8. The number of carbonyl (C=O) groups is 1. The molecule has 0 fully saturated rings. The Bertz CT molecular complexity index is 587. The van der Waals surface area contributed by atoms with E-state index in [1.165, 1.54) is 0 Å². The zero-order chi connectivity index (χ0) is 15.6. The highest BCUT2D eigenvalue weighted by atomic mass is 16.5. The highest BCUT2D eigenvalue weighted by Crippen LogP contribution is 2.19. The minimum Gasteiger partial charge on any atom is -0.493 e. The number of unbranched alkanes of at least 4 members (excludes halogenated alkanes) is 1. The van der Waals surface area contributed by atoms with Crippen LogP contribution in [-0.2, 0) is 4.79 Å². The molecule has 1 heterocycles. The van der Waals surface area contributed by atoms with Gasteiger partial charge >= 0.3 is 0 Å². The zero-order valence-corrected chi connectivity index (χ0v) is 12.6. The molecule has 0 radical (unpaired) electrons. The van der Waals surface area contributed by atoms with E-state index >= 15 is 0 Å². The van der Waals surface area contributed by atoms with Crippen LogP contribution in [0, 0.1) is 0 Å². The van der Waals surface area contributed by atoms with E-state index < -0.39 is 0 Å². The van der Waals surface area contributed by atoms with Crippen LogP contribution in [0.1, 0.15) is 19.8 Å². The number of pyridine rings is 1. The van der Waals surface area contributed by atoms with Gasteiger partial charge in [0.1, 0.15) is 11.5 Å². The second kappa shape index (κ2) is 8.67. The number of amides is 1. The topological polar surface area (TPSA) is 60.5 Å². The molecular formula is C17H20N2O3. The number of nitrogens with zero attached hydrogens (tertiary/aromatic N) is 1. The van der Waals surface area contributed by atoms with Crippen LogP contribution in [0.25, 0.3) is 0 Å². The van der Waals surface area contributed by atoms with E-state index in [0.717, 1.165) is 18.6 Å². The van der Waals surface area contributed by atoms with Crippen molar-refractivity contribution >= 4 is 11.6 Å². The molecule has 2 rings (SSSR count). The molecule has 1 aromatic carbocycles. The van der Waals surface area contributed by atoms with Crippen LogP contribution in [0.5, 0.6) is 11.5 Å². The van der Waals surface area contributed by atoms with Gasteiger partial charge in [-0.05, 0) is 30.7 Å². The molecule has 5 nitrogen and oxygen atoms in total. The molecule has 5 heteroatoms. The van der Waals surface area contributed by atoms with Crippen LogP contribution in [0.3, 0.4) is 0 Å². The van der Waals surface area contributed by atoms with Crippen molar-refractivity contribution in [2.24, 2.45) is 0 Å². The summed E-state index contributed by atoms with van der Waals surface area (Å²) >= 11 is 0. The van der Waals surface area contributed by atoms with Gasteiger partial charge in [-0.1, -0.05) is 19.4 Å². The van der Waals surface area contributed by atoms with Crippen molar-refractivity contribution in [3.8, 4) is 11.5 Å². The predicted octanol–water partition coefficient (Wildman–Crippen LogP) is 3.28. The van der Waals surface area contributed by atoms with Gasteiger partial charge < -0.3 is 14.8 Å². The molecule has 0 spiro atoms. The van der Waals surface area contributed by atoms with Crippen molar-refractivity contribution in [2.45, 2.75) is 19.8 Å². The number of ether oxygens (including phenoxy) is 2. The van der Waals surface area contributed by atoms with E-state index in [1.54, 1.807) is 36.7 Å². The molecule has 0 aliphatic carbocycles. The van der Waals surface area contributed by atoms with Crippen LogP contribution < -0.4 is 14.8 Å². The van der Waals surface area contributed by atoms with E-state index in [4.69, 9.17) is 9.47 Å². The van der Waals surface area contributed by atoms with Crippen molar-refractivity contribution in [1.29, 1.82) is 0 Å². The van der Waals surface area contributed by atoms with Gasteiger partial charge in [-0.2, -0.15) is 0 Å². The van der Waals surface area contributed by atoms with Crippen molar-refractivity contribution in [2.75, 3.05) is 18.5 Å². The summed E-state index contributed by atoms with van der Waals surface area (Å²) in [6.07, 6.45) is 5.34. The maximum atomic E-state index is 11.8. The first kappa shape index (κ1) is 15.8.